The summed E-state index contributed by atoms with van der Waals surface area (Å²) in [6.07, 6.45) is 2.05. The van der Waals surface area contributed by atoms with E-state index in [-0.39, 0.29) is 0 Å². The number of pyridine rings is 1. The molecular formula is C27H21N2O+. The number of aryl methyl sites for hydroxylation is 3. The summed E-state index contributed by atoms with van der Waals surface area (Å²) < 4.78 is 8.69. The lowest BCUT2D eigenvalue weighted by Gasteiger charge is -2.06. The van der Waals surface area contributed by atoms with Gasteiger partial charge in [0.05, 0.1) is 12.1 Å². The van der Waals surface area contributed by atoms with Crippen molar-refractivity contribution in [2.24, 2.45) is 7.05 Å². The second kappa shape index (κ2) is 6.86. The van der Waals surface area contributed by atoms with Crippen molar-refractivity contribution < 1.29 is 8.98 Å². The Morgan fingerprint density at radius 3 is 2.20 bits per heavy atom. The number of benzene rings is 3. The van der Waals surface area contributed by atoms with Gasteiger partial charge in [-0.05, 0) is 31.0 Å². The Labute approximate surface area is 175 Å². The van der Waals surface area contributed by atoms with Crippen LogP contribution >= 0.6 is 0 Å². The van der Waals surface area contributed by atoms with Crippen LogP contribution < -0.4 is 4.57 Å². The molecule has 0 atom stereocenters. The zero-order valence-corrected chi connectivity index (χ0v) is 17.2. The summed E-state index contributed by atoms with van der Waals surface area (Å²) in [7, 11) is 2.05. The third kappa shape index (κ3) is 2.69. The van der Waals surface area contributed by atoms with Crippen LogP contribution in [0, 0.1) is 20.4 Å². The molecule has 0 fully saturated rings. The van der Waals surface area contributed by atoms with Crippen molar-refractivity contribution in [1.82, 2.24) is 0 Å². The minimum atomic E-state index is 0.606. The van der Waals surface area contributed by atoms with Crippen molar-refractivity contribution in [3.63, 3.8) is 0 Å². The number of hydrogen-bond acceptors (Lipinski definition) is 1. The maximum absolute atomic E-state index is 7.70. The predicted octanol–water partition coefficient (Wildman–Crippen LogP) is 6.91. The molecule has 0 bridgehead atoms. The Morgan fingerprint density at radius 1 is 0.800 bits per heavy atom. The molecule has 2 aromatic heterocycles. The average molecular weight is 389 g/mol. The standard InChI is InChI=1S/C27H21N2O/c1-17-8-11-19(12-9-17)25-22(28-3)15-14-21-20-13-10-18(2)24(26(20)30-27(21)25)23-7-5-6-16-29(23)4/h5-16H,1-2,4H3/q+1. The highest BCUT2D eigenvalue weighted by Gasteiger charge is 2.22. The monoisotopic (exact) mass is 389 g/mol. The maximum atomic E-state index is 7.70. The smallest absolute Gasteiger partial charge is 0.216 e. The van der Waals surface area contributed by atoms with Gasteiger partial charge in [-0.1, -0.05) is 54.1 Å². The molecule has 0 saturated heterocycles. The number of hydrogen-bond donors (Lipinski definition) is 0. The molecule has 0 amide bonds. The molecule has 0 aliphatic heterocycles. The molecule has 3 nitrogen and oxygen atoms in total. The first kappa shape index (κ1) is 18.1. The molecule has 0 unspecified atom stereocenters. The van der Waals surface area contributed by atoms with Gasteiger partial charge in [-0.2, -0.15) is 0 Å². The van der Waals surface area contributed by atoms with Crippen LogP contribution in [0.2, 0.25) is 0 Å². The SMILES string of the molecule is [C-]#[N+]c1ccc2c(oc3c(-c4cccc[n+]4C)c(C)ccc32)c1-c1ccc(C)cc1. The van der Waals surface area contributed by atoms with Crippen LogP contribution in [0.5, 0.6) is 0 Å². The number of fused-ring (bicyclic) bond motifs is 3. The van der Waals surface area contributed by atoms with E-state index in [1.165, 1.54) is 5.56 Å². The third-order valence-electron chi connectivity index (χ3n) is 5.77. The first-order valence-electron chi connectivity index (χ1n) is 9.97. The van der Waals surface area contributed by atoms with Gasteiger partial charge in [-0.15, -0.1) is 0 Å². The van der Waals surface area contributed by atoms with E-state index in [4.69, 9.17) is 11.0 Å². The van der Waals surface area contributed by atoms with Crippen molar-refractivity contribution in [3.8, 4) is 22.4 Å². The van der Waals surface area contributed by atoms with E-state index in [0.717, 1.165) is 49.9 Å². The molecule has 30 heavy (non-hydrogen) atoms. The van der Waals surface area contributed by atoms with Crippen LogP contribution in [0.4, 0.5) is 5.69 Å². The van der Waals surface area contributed by atoms with Crippen LogP contribution in [0.1, 0.15) is 11.1 Å². The Hall–Kier alpha value is -3.90. The largest absolute Gasteiger partial charge is 0.456 e. The number of nitrogens with zero attached hydrogens (tertiary/aromatic N) is 2. The third-order valence-corrected chi connectivity index (χ3v) is 5.77. The average Bonchev–Trinajstić information content (AvgIpc) is 3.13. The molecule has 2 heterocycles. The van der Waals surface area contributed by atoms with Gasteiger partial charge in [0, 0.05) is 28.5 Å². The Kier molecular flexibility index (Phi) is 4.15. The Morgan fingerprint density at radius 2 is 1.50 bits per heavy atom. The maximum Gasteiger partial charge on any atom is 0.216 e. The summed E-state index contributed by atoms with van der Waals surface area (Å²) in [6.45, 7) is 11.9. The van der Waals surface area contributed by atoms with Crippen molar-refractivity contribution >= 4 is 27.6 Å². The van der Waals surface area contributed by atoms with Gasteiger partial charge in [-0.25, -0.2) is 9.41 Å². The van der Waals surface area contributed by atoms with E-state index in [1.807, 2.05) is 37.5 Å². The van der Waals surface area contributed by atoms with Gasteiger partial charge in [0.1, 0.15) is 18.2 Å². The van der Waals surface area contributed by atoms with E-state index < -0.39 is 0 Å². The second-order valence-electron chi connectivity index (χ2n) is 7.75. The van der Waals surface area contributed by atoms with Gasteiger partial charge >= 0.3 is 0 Å². The molecule has 5 aromatic rings. The summed E-state index contributed by atoms with van der Waals surface area (Å²) in [5.41, 5.74) is 8.64. The fourth-order valence-corrected chi connectivity index (χ4v) is 4.19. The molecule has 0 N–H and O–H groups in total. The molecule has 0 aliphatic carbocycles. The van der Waals surface area contributed by atoms with E-state index in [1.54, 1.807) is 0 Å². The highest BCUT2D eigenvalue weighted by atomic mass is 16.3. The molecule has 144 valence electrons. The Bertz CT molecular complexity index is 1470. The second-order valence-corrected chi connectivity index (χ2v) is 7.75. The summed E-state index contributed by atoms with van der Waals surface area (Å²) in [5, 5.41) is 2.10. The Balaban J connectivity index is 1.92. The topological polar surface area (TPSA) is 21.4 Å². The highest BCUT2D eigenvalue weighted by molar-refractivity contribution is 6.15. The minimum absolute atomic E-state index is 0.606. The van der Waals surface area contributed by atoms with Crippen LogP contribution in [0.25, 0.3) is 49.2 Å². The van der Waals surface area contributed by atoms with Crippen molar-refractivity contribution in [1.29, 1.82) is 0 Å². The van der Waals surface area contributed by atoms with Crippen molar-refractivity contribution in [2.45, 2.75) is 13.8 Å². The van der Waals surface area contributed by atoms with Gasteiger partial charge < -0.3 is 4.42 Å². The lowest BCUT2D eigenvalue weighted by atomic mass is 9.98. The van der Waals surface area contributed by atoms with E-state index in [9.17, 15) is 0 Å². The summed E-state index contributed by atoms with van der Waals surface area (Å²) in [4.78, 5) is 3.79. The van der Waals surface area contributed by atoms with Crippen molar-refractivity contribution in [3.05, 3.63) is 95.5 Å². The molecule has 0 aliphatic rings. The fraction of sp³-hybridized carbons (Fsp3) is 0.111. The number of aromatic nitrogens is 1. The van der Waals surface area contributed by atoms with Gasteiger partial charge in [-0.3, -0.25) is 0 Å². The lowest BCUT2D eigenvalue weighted by Crippen LogP contribution is -2.30. The van der Waals surface area contributed by atoms with Gasteiger partial charge in [0.2, 0.25) is 5.69 Å². The fourth-order valence-electron chi connectivity index (χ4n) is 4.19. The first-order valence-corrected chi connectivity index (χ1v) is 9.97. The van der Waals surface area contributed by atoms with E-state index >= 15 is 0 Å². The zero-order chi connectivity index (χ0) is 20.8. The molecule has 3 aromatic carbocycles. The normalized spacial score (nSPS) is 11.1. The first-order chi connectivity index (χ1) is 14.6. The van der Waals surface area contributed by atoms with Crippen molar-refractivity contribution in [2.75, 3.05) is 0 Å². The molecule has 3 heteroatoms. The zero-order valence-electron chi connectivity index (χ0n) is 17.2. The molecule has 0 spiro atoms. The number of furan rings is 1. The highest BCUT2D eigenvalue weighted by Crippen LogP contribution is 2.44. The minimum Gasteiger partial charge on any atom is -0.456 e. The lowest BCUT2D eigenvalue weighted by molar-refractivity contribution is -0.660. The summed E-state index contributed by atoms with van der Waals surface area (Å²) in [6, 6.07) is 22.6. The van der Waals surface area contributed by atoms with Gasteiger partial charge in [0.25, 0.3) is 0 Å². The van der Waals surface area contributed by atoms with E-state index in [0.29, 0.717) is 5.69 Å². The number of rotatable bonds is 2. The molecule has 0 radical (unpaired) electrons. The van der Waals surface area contributed by atoms with Gasteiger partial charge in [0.15, 0.2) is 11.9 Å². The van der Waals surface area contributed by atoms with Crippen LogP contribution in [0.15, 0.2) is 77.3 Å². The quantitative estimate of drug-likeness (QED) is 0.237. The summed E-state index contributed by atoms with van der Waals surface area (Å²) in [5.74, 6) is 0. The molecule has 0 saturated carbocycles. The van der Waals surface area contributed by atoms with E-state index in [2.05, 4.69) is 65.7 Å². The van der Waals surface area contributed by atoms with Crippen LogP contribution in [-0.2, 0) is 7.05 Å². The van der Waals surface area contributed by atoms with Crippen LogP contribution in [-0.4, -0.2) is 0 Å². The molecular weight excluding hydrogens is 368 g/mol. The molecule has 5 rings (SSSR count). The summed E-state index contributed by atoms with van der Waals surface area (Å²) >= 11 is 0. The van der Waals surface area contributed by atoms with Crippen LogP contribution in [0.3, 0.4) is 0 Å². The predicted molar refractivity (Wildman–Crippen MR) is 122 cm³/mol.